The molecule has 1 aromatic heterocycles. The monoisotopic (exact) mass is 504 g/mol. The summed E-state index contributed by atoms with van der Waals surface area (Å²) in [7, 11) is 1.71. The third-order valence-electron chi connectivity index (χ3n) is 4.34. The van der Waals surface area contributed by atoms with Crippen molar-refractivity contribution >= 4 is 29.9 Å². The van der Waals surface area contributed by atoms with Crippen molar-refractivity contribution < 1.29 is 13.7 Å². The van der Waals surface area contributed by atoms with E-state index in [2.05, 4.69) is 34.6 Å². The summed E-state index contributed by atoms with van der Waals surface area (Å²) in [6.45, 7) is 7.29. The zero-order chi connectivity index (χ0) is 19.6. The minimum Gasteiger partial charge on any atom is -0.489 e. The number of nitrogens with one attached hydrogen (secondary N) is 2. The lowest BCUT2D eigenvalue weighted by Gasteiger charge is -2.17. The van der Waals surface area contributed by atoms with Crippen LogP contribution >= 0.6 is 24.0 Å². The number of guanidine groups is 1. The van der Waals surface area contributed by atoms with Gasteiger partial charge in [-0.05, 0) is 44.0 Å². The van der Waals surface area contributed by atoms with Crippen LogP contribution < -0.4 is 15.4 Å². The van der Waals surface area contributed by atoms with E-state index >= 15 is 0 Å². The standard InChI is InChI=1S/C20H29FN4O2.HI/c1-5-15(6-2)19-11-18(27-25-19)13-24-20(22-4)23-12-14(3)26-17-9-7-16(21)8-10-17;/h7-11,14-15H,5-6,12-13H2,1-4H3,(H2,22,23,24);1H. The van der Waals surface area contributed by atoms with Gasteiger partial charge in [0.05, 0.1) is 18.8 Å². The third kappa shape index (κ3) is 7.65. The summed E-state index contributed by atoms with van der Waals surface area (Å²) in [6.07, 6.45) is 1.98. The van der Waals surface area contributed by atoms with Gasteiger partial charge in [-0.3, -0.25) is 4.99 Å². The Morgan fingerprint density at radius 1 is 1.21 bits per heavy atom. The minimum absolute atomic E-state index is 0. The first-order valence-electron chi connectivity index (χ1n) is 9.37. The normalized spacial score (nSPS) is 12.4. The Bertz CT molecular complexity index is 717. The van der Waals surface area contributed by atoms with Crippen molar-refractivity contribution in [3.63, 3.8) is 0 Å². The van der Waals surface area contributed by atoms with Crippen molar-refractivity contribution in [2.75, 3.05) is 13.6 Å². The topological polar surface area (TPSA) is 71.7 Å². The summed E-state index contributed by atoms with van der Waals surface area (Å²) in [6, 6.07) is 7.98. The van der Waals surface area contributed by atoms with Crippen LogP contribution in [0.15, 0.2) is 39.8 Å². The molecule has 2 aromatic rings. The molecular formula is C20H30FIN4O2. The first-order chi connectivity index (χ1) is 13.0. The fourth-order valence-electron chi connectivity index (χ4n) is 2.73. The number of aromatic nitrogens is 1. The molecule has 2 N–H and O–H groups in total. The van der Waals surface area contributed by atoms with Crippen LogP contribution in [0.3, 0.4) is 0 Å². The molecule has 2 rings (SSSR count). The van der Waals surface area contributed by atoms with Crippen molar-refractivity contribution in [2.24, 2.45) is 4.99 Å². The first-order valence-corrected chi connectivity index (χ1v) is 9.37. The highest BCUT2D eigenvalue weighted by Gasteiger charge is 2.13. The van der Waals surface area contributed by atoms with Gasteiger partial charge in [0.15, 0.2) is 11.7 Å². The number of ether oxygens (including phenoxy) is 1. The van der Waals surface area contributed by atoms with Crippen LogP contribution in [-0.4, -0.2) is 30.8 Å². The average Bonchev–Trinajstić information content (AvgIpc) is 3.13. The van der Waals surface area contributed by atoms with Gasteiger partial charge >= 0.3 is 0 Å². The average molecular weight is 504 g/mol. The molecule has 0 amide bonds. The van der Waals surface area contributed by atoms with Gasteiger partial charge in [0.1, 0.15) is 17.7 Å². The van der Waals surface area contributed by atoms with Gasteiger partial charge in [0, 0.05) is 19.0 Å². The quantitative estimate of drug-likeness (QED) is 0.300. The Morgan fingerprint density at radius 2 is 1.89 bits per heavy atom. The maximum absolute atomic E-state index is 12.9. The Balaban J connectivity index is 0.00000392. The molecule has 6 nitrogen and oxygen atoms in total. The molecule has 1 atom stereocenters. The summed E-state index contributed by atoms with van der Waals surface area (Å²) in [5.41, 5.74) is 1.00. The Labute approximate surface area is 183 Å². The van der Waals surface area contributed by atoms with Crippen LogP contribution in [-0.2, 0) is 6.54 Å². The van der Waals surface area contributed by atoms with E-state index in [1.807, 2.05) is 13.0 Å². The fraction of sp³-hybridized carbons (Fsp3) is 0.500. The SMILES string of the molecule is CCC(CC)c1cc(CNC(=NC)NCC(C)Oc2ccc(F)cc2)on1.I. The highest BCUT2D eigenvalue weighted by Crippen LogP contribution is 2.22. The molecule has 8 heteroatoms. The van der Waals surface area contributed by atoms with E-state index in [-0.39, 0.29) is 35.9 Å². The number of rotatable bonds is 9. The summed E-state index contributed by atoms with van der Waals surface area (Å²) in [5, 5.41) is 10.6. The predicted octanol–water partition coefficient (Wildman–Crippen LogP) is 4.47. The van der Waals surface area contributed by atoms with E-state index < -0.39 is 0 Å². The maximum Gasteiger partial charge on any atom is 0.191 e. The molecule has 0 saturated carbocycles. The van der Waals surface area contributed by atoms with Gasteiger partial charge in [-0.2, -0.15) is 0 Å². The van der Waals surface area contributed by atoms with E-state index in [4.69, 9.17) is 9.26 Å². The third-order valence-corrected chi connectivity index (χ3v) is 4.34. The molecular weight excluding hydrogens is 474 g/mol. The molecule has 28 heavy (non-hydrogen) atoms. The lowest BCUT2D eigenvalue weighted by molar-refractivity contribution is 0.223. The lowest BCUT2D eigenvalue weighted by atomic mass is 9.99. The fourth-order valence-corrected chi connectivity index (χ4v) is 2.73. The molecule has 0 radical (unpaired) electrons. The van der Waals surface area contributed by atoms with Crippen LogP contribution in [0.2, 0.25) is 0 Å². The zero-order valence-electron chi connectivity index (χ0n) is 16.9. The van der Waals surface area contributed by atoms with E-state index in [9.17, 15) is 4.39 Å². The van der Waals surface area contributed by atoms with Crippen LogP contribution in [0.4, 0.5) is 4.39 Å². The number of aliphatic imine (C=N–C) groups is 1. The molecule has 0 fully saturated rings. The number of nitrogens with zero attached hydrogens (tertiary/aromatic N) is 2. The second kappa shape index (κ2) is 12.6. The molecule has 0 aliphatic heterocycles. The van der Waals surface area contributed by atoms with Crippen LogP contribution in [0.1, 0.15) is 51.0 Å². The highest BCUT2D eigenvalue weighted by atomic mass is 127. The molecule has 0 aliphatic carbocycles. The molecule has 1 unspecified atom stereocenters. The van der Waals surface area contributed by atoms with E-state index in [0.29, 0.717) is 30.7 Å². The molecule has 156 valence electrons. The van der Waals surface area contributed by atoms with Crippen molar-refractivity contribution in [3.05, 3.63) is 47.6 Å². The van der Waals surface area contributed by atoms with Gasteiger partial charge in [-0.1, -0.05) is 19.0 Å². The predicted molar refractivity (Wildman–Crippen MR) is 120 cm³/mol. The van der Waals surface area contributed by atoms with Crippen LogP contribution in [0, 0.1) is 5.82 Å². The smallest absolute Gasteiger partial charge is 0.191 e. The number of hydrogen-bond donors (Lipinski definition) is 2. The maximum atomic E-state index is 12.9. The molecule has 1 aromatic carbocycles. The number of hydrogen-bond acceptors (Lipinski definition) is 4. The van der Waals surface area contributed by atoms with Gasteiger partial charge in [0.2, 0.25) is 0 Å². The molecule has 0 aliphatic rings. The highest BCUT2D eigenvalue weighted by molar-refractivity contribution is 14.0. The van der Waals surface area contributed by atoms with E-state index in [1.165, 1.54) is 12.1 Å². The Kier molecular flexibility index (Phi) is 10.9. The Morgan fingerprint density at radius 3 is 2.50 bits per heavy atom. The minimum atomic E-state index is -0.280. The molecule has 0 spiro atoms. The van der Waals surface area contributed by atoms with E-state index in [0.717, 1.165) is 24.3 Å². The molecule has 0 bridgehead atoms. The van der Waals surface area contributed by atoms with E-state index in [1.54, 1.807) is 19.2 Å². The van der Waals surface area contributed by atoms with Gasteiger partial charge in [-0.25, -0.2) is 4.39 Å². The van der Waals surface area contributed by atoms with Gasteiger partial charge < -0.3 is 19.9 Å². The summed E-state index contributed by atoms with van der Waals surface area (Å²) in [4.78, 5) is 4.20. The Hall–Kier alpha value is -1.84. The second-order valence-electron chi connectivity index (χ2n) is 6.42. The van der Waals surface area contributed by atoms with Gasteiger partial charge in [-0.15, -0.1) is 24.0 Å². The molecule has 0 saturated heterocycles. The van der Waals surface area contributed by atoms with Gasteiger partial charge in [0.25, 0.3) is 0 Å². The summed E-state index contributed by atoms with van der Waals surface area (Å²) >= 11 is 0. The summed E-state index contributed by atoms with van der Waals surface area (Å²) in [5.74, 6) is 2.20. The van der Waals surface area contributed by atoms with Crippen molar-refractivity contribution in [3.8, 4) is 5.75 Å². The van der Waals surface area contributed by atoms with Crippen molar-refractivity contribution in [1.82, 2.24) is 15.8 Å². The summed E-state index contributed by atoms with van der Waals surface area (Å²) < 4.78 is 24.1. The molecule has 1 heterocycles. The largest absolute Gasteiger partial charge is 0.489 e. The second-order valence-corrected chi connectivity index (χ2v) is 6.42. The zero-order valence-corrected chi connectivity index (χ0v) is 19.2. The van der Waals surface area contributed by atoms with Crippen LogP contribution in [0.25, 0.3) is 0 Å². The van der Waals surface area contributed by atoms with Crippen LogP contribution in [0.5, 0.6) is 5.75 Å². The van der Waals surface area contributed by atoms with Crippen molar-refractivity contribution in [2.45, 2.75) is 52.2 Å². The number of benzene rings is 1. The first kappa shape index (κ1) is 24.2. The number of halogens is 2. The lowest BCUT2D eigenvalue weighted by Crippen LogP contribution is -2.41. The van der Waals surface area contributed by atoms with Crippen molar-refractivity contribution in [1.29, 1.82) is 0 Å².